The maximum absolute atomic E-state index is 12.4. The molecule has 0 N–H and O–H groups in total. The second kappa shape index (κ2) is 5.88. The lowest BCUT2D eigenvalue weighted by molar-refractivity contribution is -0.388. The molecule has 0 fully saturated rings. The van der Waals surface area contributed by atoms with Crippen molar-refractivity contribution < 1.29 is 18.1 Å². The summed E-state index contributed by atoms with van der Waals surface area (Å²) in [6, 6.07) is 10.7. The number of rotatable bonds is 5. The molecule has 0 atom stereocenters. The number of methoxy groups -OCH3 is 1. The summed E-state index contributed by atoms with van der Waals surface area (Å²) in [5, 5.41) is 10.4. The van der Waals surface area contributed by atoms with Crippen molar-refractivity contribution in [3.8, 4) is 5.88 Å². The zero-order chi connectivity index (χ0) is 15.5. The molecular formula is C13H12N2O5S. The molecule has 0 unspecified atom stereocenters. The van der Waals surface area contributed by atoms with Crippen LogP contribution in [0.5, 0.6) is 5.88 Å². The van der Waals surface area contributed by atoms with Crippen molar-refractivity contribution >= 4 is 15.5 Å². The minimum atomic E-state index is -3.95. The van der Waals surface area contributed by atoms with Gasteiger partial charge in [-0.3, -0.25) is 10.1 Å². The van der Waals surface area contributed by atoms with Gasteiger partial charge in [-0.15, -0.1) is 0 Å². The van der Waals surface area contributed by atoms with Crippen LogP contribution in [0.15, 0.2) is 47.5 Å². The summed E-state index contributed by atoms with van der Waals surface area (Å²) in [4.78, 5) is 13.9. The molecule has 0 aliphatic carbocycles. The molecule has 21 heavy (non-hydrogen) atoms. The Morgan fingerprint density at radius 1 is 1.19 bits per heavy atom. The van der Waals surface area contributed by atoms with E-state index in [2.05, 4.69) is 4.98 Å². The molecule has 0 bridgehead atoms. The number of ether oxygens (including phenoxy) is 1. The Morgan fingerprint density at radius 3 is 2.43 bits per heavy atom. The summed E-state index contributed by atoms with van der Waals surface area (Å²) in [6.07, 6.45) is 0. The minimum absolute atomic E-state index is 0.00670. The van der Waals surface area contributed by atoms with E-state index >= 15 is 0 Å². The van der Waals surface area contributed by atoms with Crippen LogP contribution in [-0.2, 0) is 15.6 Å². The Bertz CT molecular complexity index is 759. The van der Waals surface area contributed by atoms with E-state index in [0.717, 1.165) is 6.07 Å². The first-order chi connectivity index (χ1) is 9.94. The molecule has 0 amide bonds. The molecule has 0 aliphatic heterocycles. The van der Waals surface area contributed by atoms with Crippen molar-refractivity contribution in [2.75, 3.05) is 7.11 Å². The van der Waals surface area contributed by atoms with Gasteiger partial charge in [0, 0.05) is 12.1 Å². The van der Waals surface area contributed by atoms with E-state index in [9.17, 15) is 18.5 Å². The third kappa shape index (κ3) is 3.34. The van der Waals surface area contributed by atoms with Gasteiger partial charge in [0.1, 0.15) is 0 Å². The zero-order valence-electron chi connectivity index (χ0n) is 11.1. The van der Waals surface area contributed by atoms with Gasteiger partial charge in [-0.1, -0.05) is 30.3 Å². The third-order valence-corrected chi connectivity index (χ3v) is 4.32. The number of aromatic nitrogens is 1. The Hall–Kier alpha value is -2.48. The first kappa shape index (κ1) is 14.9. The first-order valence-electron chi connectivity index (χ1n) is 5.90. The fourth-order valence-electron chi connectivity index (χ4n) is 1.76. The molecular weight excluding hydrogens is 296 g/mol. The minimum Gasteiger partial charge on any atom is -0.481 e. The van der Waals surface area contributed by atoms with Crippen LogP contribution in [0.25, 0.3) is 0 Å². The van der Waals surface area contributed by atoms with Crippen LogP contribution >= 0.6 is 0 Å². The van der Waals surface area contributed by atoms with Crippen molar-refractivity contribution in [3.05, 3.63) is 58.1 Å². The second-order valence-electron chi connectivity index (χ2n) is 4.18. The Morgan fingerprint density at radius 2 is 1.86 bits per heavy atom. The molecule has 0 saturated heterocycles. The van der Waals surface area contributed by atoms with Crippen LogP contribution in [0.2, 0.25) is 0 Å². The van der Waals surface area contributed by atoms with Crippen molar-refractivity contribution in [2.24, 2.45) is 0 Å². The van der Waals surface area contributed by atoms with Gasteiger partial charge in [-0.05, 0) is 5.56 Å². The Balaban J connectivity index is 2.50. The summed E-state index contributed by atoms with van der Waals surface area (Å²) in [7, 11) is -2.65. The highest BCUT2D eigenvalue weighted by atomic mass is 32.2. The van der Waals surface area contributed by atoms with E-state index in [1.807, 2.05) is 0 Å². The summed E-state index contributed by atoms with van der Waals surface area (Å²) in [6.45, 7) is 0. The van der Waals surface area contributed by atoms with Crippen molar-refractivity contribution in [1.29, 1.82) is 0 Å². The van der Waals surface area contributed by atoms with Gasteiger partial charge >= 0.3 is 5.69 Å². The normalized spacial score (nSPS) is 11.1. The maximum Gasteiger partial charge on any atom is 0.306 e. The van der Waals surface area contributed by atoms with Crippen LogP contribution in [-0.4, -0.2) is 25.4 Å². The number of benzene rings is 1. The maximum atomic E-state index is 12.4. The Kier molecular flexibility index (Phi) is 4.18. The average Bonchev–Trinajstić information content (AvgIpc) is 2.47. The number of hydrogen-bond acceptors (Lipinski definition) is 6. The monoisotopic (exact) mass is 308 g/mol. The number of hydrogen-bond donors (Lipinski definition) is 0. The molecule has 7 nitrogen and oxygen atoms in total. The topological polar surface area (TPSA) is 99.4 Å². The lowest BCUT2D eigenvalue weighted by Gasteiger charge is -2.06. The first-order valence-corrected chi connectivity index (χ1v) is 7.55. The molecule has 0 aliphatic rings. The van der Waals surface area contributed by atoms with Gasteiger partial charge in [0.15, 0.2) is 0 Å². The Labute approximate surface area is 121 Å². The van der Waals surface area contributed by atoms with Crippen LogP contribution in [0, 0.1) is 10.1 Å². The molecule has 0 radical (unpaired) electrons. The van der Waals surface area contributed by atoms with Crippen LogP contribution in [0.3, 0.4) is 0 Å². The molecule has 0 spiro atoms. The van der Waals surface area contributed by atoms with E-state index in [1.54, 1.807) is 30.3 Å². The fourth-order valence-corrected chi connectivity index (χ4v) is 3.22. The zero-order valence-corrected chi connectivity index (χ0v) is 11.9. The van der Waals surface area contributed by atoms with Crippen molar-refractivity contribution in [3.63, 3.8) is 0 Å². The van der Waals surface area contributed by atoms with E-state index in [0.29, 0.717) is 5.56 Å². The summed E-state index contributed by atoms with van der Waals surface area (Å²) in [5.74, 6) is -0.360. The quantitative estimate of drug-likeness (QED) is 0.618. The molecule has 110 valence electrons. The lowest BCUT2D eigenvalue weighted by Crippen LogP contribution is -2.10. The molecule has 2 aromatic rings. The van der Waals surface area contributed by atoms with Crippen LogP contribution in [0.1, 0.15) is 5.56 Å². The summed E-state index contributed by atoms with van der Waals surface area (Å²) < 4.78 is 29.6. The number of pyridine rings is 1. The van der Waals surface area contributed by atoms with Crippen LogP contribution < -0.4 is 4.74 Å². The predicted molar refractivity (Wildman–Crippen MR) is 74.8 cm³/mol. The number of nitrogens with zero attached hydrogens (tertiary/aromatic N) is 2. The standard InChI is InChI=1S/C13H12N2O5S/c1-20-12-8-7-11(15(16)17)13(14-12)21(18,19)9-10-5-3-2-4-6-10/h2-8H,9H2,1H3. The van der Waals surface area contributed by atoms with E-state index in [4.69, 9.17) is 4.74 Å². The van der Waals surface area contributed by atoms with Gasteiger partial charge in [0.25, 0.3) is 0 Å². The summed E-state index contributed by atoms with van der Waals surface area (Å²) >= 11 is 0. The molecule has 0 saturated carbocycles. The van der Waals surface area contributed by atoms with Gasteiger partial charge in [-0.2, -0.15) is 4.98 Å². The van der Waals surface area contributed by atoms with Gasteiger partial charge in [0.05, 0.1) is 17.8 Å². The van der Waals surface area contributed by atoms with Crippen LogP contribution in [0.4, 0.5) is 5.69 Å². The van der Waals surface area contributed by atoms with Gasteiger partial charge < -0.3 is 4.74 Å². The molecule has 1 aromatic heterocycles. The lowest BCUT2D eigenvalue weighted by atomic mass is 10.2. The van der Waals surface area contributed by atoms with E-state index in [-0.39, 0.29) is 11.6 Å². The highest BCUT2D eigenvalue weighted by Gasteiger charge is 2.28. The van der Waals surface area contributed by atoms with Gasteiger partial charge in [-0.25, -0.2) is 8.42 Å². The van der Waals surface area contributed by atoms with E-state index in [1.165, 1.54) is 13.2 Å². The number of nitro groups is 1. The molecule has 8 heteroatoms. The third-order valence-electron chi connectivity index (χ3n) is 2.71. The largest absolute Gasteiger partial charge is 0.481 e. The molecule has 1 heterocycles. The van der Waals surface area contributed by atoms with E-state index < -0.39 is 25.5 Å². The smallest absolute Gasteiger partial charge is 0.306 e. The number of sulfone groups is 1. The highest BCUT2D eigenvalue weighted by molar-refractivity contribution is 7.90. The highest BCUT2D eigenvalue weighted by Crippen LogP contribution is 2.27. The predicted octanol–water partition coefficient (Wildman–Crippen LogP) is 1.97. The average molecular weight is 308 g/mol. The molecule has 1 aromatic carbocycles. The second-order valence-corrected chi connectivity index (χ2v) is 6.08. The van der Waals surface area contributed by atoms with Crippen molar-refractivity contribution in [2.45, 2.75) is 10.8 Å². The van der Waals surface area contributed by atoms with Gasteiger partial charge in [0.2, 0.25) is 20.7 Å². The summed E-state index contributed by atoms with van der Waals surface area (Å²) in [5.41, 5.74) is -0.0388. The fraction of sp³-hybridized carbons (Fsp3) is 0.154. The SMILES string of the molecule is COc1ccc([N+](=O)[O-])c(S(=O)(=O)Cc2ccccc2)n1. The molecule has 2 rings (SSSR count). The van der Waals surface area contributed by atoms with Crippen molar-refractivity contribution in [1.82, 2.24) is 4.98 Å².